The summed E-state index contributed by atoms with van der Waals surface area (Å²) in [5.74, 6) is 0.124. The van der Waals surface area contributed by atoms with Gasteiger partial charge >= 0.3 is 0 Å². The van der Waals surface area contributed by atoms with E-state index < -0.39 is 0 Å². The summed E-state index contributed by atoms with van der Waals surface area (Å²) >= 11 is 5.06. The fourth-order valence-corrected chi connectivity index (χ4v) is 3.93. The van der Waals surface area contributed by atoms with Gasteiger partial charge in [0.1, 0.15) is 0 Å². The normalized spacial score (nSPS) is 23.0. The molecule has 1 unspecified atom stereocenters. The zero-order valence-electron chi connectivity index (χ0n) is 10.5. The summed E-state index contributed by atoms with van der Waals surface area (Å²) in [6.45, 7) is 6.38. The van der Waals surface area contributed by atoms with Gasteiger partial charge in [0.05, 0.1) is 9.35 Å². The van der Waals surface area contributed by atoms with Crippen molar-refractivity contribution in [1.29, 1.82) is 0 Å². The van der Waals surface area contributed by atoms with Crippen LogP contribution in [0.3, 0.4) is 0 Å². The van der Waals surface area contributed by atoms with Crippen LogP contribution < -0.4 is 5.73 Å². The molecule has 1 atom stereocenters. The van der Waals surface area contributed by atoms with Crippen LogP contribution in [0, 0.1) is 12.3 Å². The van der Waals surface area contributed by atoms with Crippen molar-refractivity contribution in [2.75, 3.05) is 19.6 Å². The summed E-state index contributed by atoms with van der Waals surface area (Å²) < 4.78 is 0.932. The Morgan fingerprint density at radius 1 is 1.67 bits per heavy atom. The fraction of sp³-hybridized carbons (Fsp3) is 0.583. The van der Waals surface area contributed by atoms with Crippen LogP contribution in [-0.2, 0) is 0 Å². The van der Waals surface area contributed by atoms with Gasteiger partial charge < -0.3 is 10.6 Å². The Morgan fingerprint density at radius 3 is 2.78 bits per heavy atom. The first-order valence-corrected chi connectivity index (χ1v) is 7.31. The van der Waals surface area contributed by atoms with Gasteiger partial charge in [-0.3, -0.25) is 4.79 Å². The molecular weight excluding hydrogens is 336 g/mol. The molecule has 6 heteroatoms. The second-order valence-corrected chi connectivity index (χ2v) is 7.61. The van der Waals surface area contributed by atoms with Crippen molar-refractivity contribution >= 4 is 45.6 Å². The Kier molecular flexibility index (Phi) is 5.23. The fourth-order valence-electron chi connectivity index (χ4n) is 2.17. The number of rotatable bonds is 2. The number of carbonyl (C=O) groups excluding carboxylic acids is 1. The molecule has 0 radical (unpaired) electrons. The molecule has 2 N–H and O–H groups in total. The maximum Gasteiger partial charge on any atom is 0.255 e. The minimum Gasteiger partial charge on any atom is -0.338 e. The number of hydrogen-bond donors (Lipinski definition) is 1. The van der Waals surface area contributed by atoms with Crippen molar-refractivity contribution in [2.24, 2.45) is 11.1 Å². The number of thiophene rings is 1. The number of nitrogens with two attached hydrogens (primary N) is 1. The molecule has 0 saturated carbocycles. The van der Waals surface area contributed by atoms with Crippen LogP contribution in [0.1, 0.15) is 28.6 Å². The van der Waals surface area contributed by atoms with Crippen LogP contribution in [0.15, 0.2) is 9.85 Å². The quantitative estimate of drug-likeness (QED) is 0.888. The molecule has 1 aliphatic heterocycles. The van der Waals surface area contributed by atoms with Crippen molar-refractivity contribution < 1.29 is 4.79 Å². The second kappa shape index (κ2) is 5.90. The Balaban J connectivity index is 0.00000162. The van der Waals surface area contributed by atoms with Crippen molar-refractivity contribution in [3.63, 3.8) is 0 Å². The Morgan fingerprint density at radius 2 is 2.33 bits per heavy atom. The minimum absolute atomic E-state index is 0. The summed E-state index contributed by atoms with van der Waals surface area (Å²) in [4.78, 5) is 15.4. The summed E-state index contributed by atoms with van der Waals surface area (Å²) in [5, 5.41) is 0. The predicted octanol–water partition coefficient (Wildman–Crippen LogP) is 3.05. The highest BCUT2D eigenvalue weighted by molar-refractivity contribution is 9.11. The van der Waals surface area contributed by atoms with Crippen LogP contribution in [0.2, 0.25) is 0 Å². The van der Waals surface area contributed by atoms with Gasteiger partial charge in [0.2, 0.25) is 0 Å². The van der Waals surface area contributed by atoms with E-state index in [1.807, 2.05) is 17.9 Å². The van der Waals surface area contributed by atoms with E-state index >= 15 is 0 Å². The molecule has 18 heavy (non-hydrogen) atoms. The molecule has 1 fully saturated rings. The lowest BCUT2D eigenvalue weighted by molar-refractivity contribution is 0.0776. The predicted molar refractivity (Wildman–Crippen MR) is 81.7 cm³/mol. The standard InChI is InChI=1S/C12H17BrN2OS.ClH/c1-8-5-9(10(13)17-8)11(16)15-4-3-12(2,6-14)7-15;/h5H,3-4,6-7,14H2,1-2H3;1H. The molecule has 0 aromatic carbocycles. The number of hydrogen-bond acceptors (Lipinski definition) is 3. The van der Waals surface area contributed by atoms with Crippen molar-refractivity contribution in [2.45, 2.75) is 20.3 Å². The first kappa shape index (κ1) is 16.0. The highest BCUT2D eigenvalue weighted by Gasteiger charge is 2.35. The SMILES string of the molecule is Cc1cc(C(=O)N2CCC(C)(CN)C2)c(Br)s1.Cl. The van der Waals surface area contributed by atoms with Crippen LogP contribution in [0.25, 0.3) is 0 Å². The molecule has 2 heterocycles. The van der Waals surface area contributed by atoms with Gasteiger partial charge in [-0.15, -0.1) is 23.7 Å². The van der Waals surface area contributed by atoms with E-state index in [9.17, 15) is 4.79 Å². The van der Waals surface area contributed by atoms with E-state index in [1.165, 1.54) is 0 Å². The lowest BCUT2D eigenvalue weighted by Crippen LogP contribution is -2.34. The molecule has 0 bridgehead atoms. The summed E-state index contributed by atoms with van der Waals surface area (Å²) in [6, 6.07) is 1.95. The molecule has 102 valence electrons. The van der Waals surface area contributed by atoms with Gasteiger partial charge in [-0.25, -0.2) is 0 Å². The third-order valence-corrected chi connectivity index (χ3v) is 5.13. The van der Waals surface area contributed by atoms with Crippen molar-refractivity contribution in [1.82, 2.24) is 4.90 Å². The zero-order valence-corrected chi connectivity index (χ0v) is 13.8. The lowest BCUT2D eigenvalue weighted by atomic mass is 9.90. The van der Waals surface area contributed by atoms with Crippen LogP contribution in [0.4, 0.5) is 0 Å². The van der Waals surface area contributed by atoms with Crippen molar-refractivity contribution in [3.8, 4) is 0 Å². The molecule has 0 spiro atoms. The van der Waals surface area contributed by atoms with Crippen molar-refractivity contribution in [3.05, 3.63) is 20.3 Å². The molecule has 2 rings (SSSR count). The maximum absolute atomic E-state index is 12.3. The maximum atomic E-state index is 12.3. The first-order valence-electron chi connectivity index (χ1n) is 5.70. The molecule has 3 nitrogen and oxygen atoms in total. The monoisotopic (exact) mass is 352 g/mol. The molecule has 1 saturated heterocycles. The van der Waals surface area contributed by atoms with Crippen LogP contribution in [0.5, 0.6) is 0 Å². The first-order chi connectivity index (χ1) is 7.95. The minimum atomic E-state index is 0. The van der Waals surface area contributed by atoms with Gasteiger partial charge in [-0.1, -0.05) is 6.92 Å². The van der Waals surface area contributed by atoms with E-state index in [2.05, 4.69) is 22.9 Å². The second-order valence-electron chi connectivity index (χ2n) is 5.04. The molecular formula is C12H18BrClN2OS. The van der Waals surface area contributed by atoms with Gasteiger partial charge in [0.25, 0.3) is 5.91 Å². The average Bonchev–Trinajstić information content (AvgIpc) is 2.82. The molecule has 1 aromatic heterocycles. The smallest absolute Gasteiger partial charge is 0.255 e. The van der Waals surface area contributed by atoms with Crippen LogP contribution in [-0.4, -0.2) is 30.4 Å². The lowest BCUT2D eigenvalue weighted by Gasteiger charge is -2.22. The number of likely N-dealkylation sites (tertiary alicyclic amines) is 1. The highest BCUT2D eigenvalue weighted by atomic mass is 79.9. The van der Waals surface area contributed by atoms with E-state index in [0.29, 0.717) is 6.54 Å². The number of halogens is 2. The highest BCUT2D eigenvalue weighted by Crippen LogP contribution is 2.33. The number of aryl methyl sites for hydroxylation is 1. The average molecular weight is 354 g/mol. The summed E-state index contributed by atoms with van der Waals surface area (Å²) in [6.07, 6.45) is 0.996. The summed E-state index contributed by atoms with van der Waals surface area (Å²) in [5.41, 5.74) is 6.63. The zero-order chi connectivity index (χ0) is 12.6. The van der Waals surface area contributed by atoms with E-state index in [4.69, 9.17) is 5.73 Å². The topological polar surface area (TPSA) is 46.3 Å². The van der Waals surface area contributed by atoms with Crippen LogP contribution >= 0.6 is 39.7 Å². The Hall–Kier alpha value is -0.1000. The van der Waals surface area contributed by atoms with E-state index in [0.717, 1.165) is 33.7 Å². The van der Waals surface area contributed by atoms with Gasteiger partial charge in [0.15, 0.2) is 0 Å². The third kappa shape index (κ3) is 3.07. The molecule has 1 aromatic rings. The number of amides is 1. The molecule has 1 amide bonds. The molecule has 1 aliphatic rings. The largest absolute Gasteiger partial charge is 0.338 e. The number of carbonyl (C=O) groups is 1. The Labute approximate surface area is 126 Å². The van der Waals surface area contributed by atoms with Gasteiger partial charge in [-0.2, -0.15) is 0 Å². The summed E-state index contributed by atoms with van der Waals surface area (Å²) in [7, 11) is 0. The number of nitrogens with zero attached hydrogens (tertiary/aromatic N) is 1. The Bertz CT molecular complexity index is 451. The van der Waals surface area contributed by atoms with E-state index in [-0.39, 0.29) is 23.7 Å². The third-order valence-electron chi connectivity index (χ3n) is 3.38. The van der Waals surface area contributed by atoms with Gasteiger partial charge in [-0.05, 0) is 47.3 Å². The molecule has 0 aliphatic carbocycles. The van der Waals surface area contributed by atoms with Gasteiger partial charge in [0, 0.05) is 18.0 Å². The van der Waals surface area contributed by atoms with E-state index in [1.54, 1.807) is 11.3 Å².